The van der Waals surface area contributed by atoms with Crippen LogP contribution in [0.1, 0.15) is 35.6 Å². The number of nitrogens with one attached hydrogen (secondary N) is 1. The summed E-state index contributed by atoms with van der Waals surface area (Å²) in [6.45, 7) is 2.33. The van der Waals surface area contributed by atoms with Crippen LogP contribution >= 0.6 is 0 Å². The molecule has 2 nitrogen and oxygen atoms in total. The van der Waals surface area contributed by atoms with Crippen LogP contribution < -0.4 is 10.1 Å². The monoisotopic (exact) mass is 453 g/mol. The molecule has 1 N–H and O–H groups in total. The van der Waals surface area contributed by atoms with Crippen LogP contribution in [0.25, 0.3) is 16.7 Å². The van der Waals surface area contributed by atoms with E-state index < -0.39 is 0 Å². The van der Waals surface area contributed by atoms with Gasteiger partial charge >= 0.3 is 0 Å². The number of hydrogen-bond donors (Lipinski definition) is 1. The van der Waals surface area contributed by atoms with Crippen molar-refractivity contribution >= 4 is 16.9 Å². The van der Waals surface area contributed by atoms with E-state index in [2.05, 4.69) is 103 Å². The first-order valence-electron chi connectivity index (χ1n) is 12.4. The smallest absolute Gasteiger partial charge is 0.119 e. The van der Waals surface area contributed by atoms with Crippen molar-refractivity contribution in [3.8, 4) is 16.9 Å². The first kappa shape index (κ1) is 20.3. The second kappa shape index (κ2) is 7.48. The molecule has 7 rings (SSSR count). The van der Waals surface area contributed by atoms with Gasteiger partial charge in [0.2, 0.25) is 0 Å². The fourth-order valence-corrected chi connectivity index (χ4v) is 6.55. The van der Waals surface area contributed by atoms with Gasteiger partial charge in [-0.2, -0.15) is 0 Å². The van der Waals surface area contributed by atoms with E-state index in [1.165, 1.54) is 39.0 Å². The third kappa shape index (κ3) is 2.71. The zero-order valence-corrected chi connectivity index (χ0v) is 20.0. The molecule has 3 aliphatic carbocycles. The van der Waals surface area contributed by atoms with E-state index in [0.29, 0.717) is 5.92 Å². The van der Waals surface area contributed by atoms with E-state index in [-0.39, 0.29) is 5.41 Å². The fraction of sp³-hybridized carbons (Fsp3) is 0.152. The van der Waals surface area contributed by atoms with Gasteiger partial charge in [-0.1, -0.05) is 79.7 Å². The van der Waals surface area contributed by atoms with Crippen molar-refractivity contribution in [2.45, 2.75) is 18.8 Å². The summed E-state index contributed by atoms with van der Waals surface area (Å²) in [4.78, 5) is 0. The average molecular weight is 454 g/mol. The van der Waals surface area contributed by atoms with Gasteiger partial charge in [0, 0.05) is 16.9 Å². The number of allylic oxidation sites excluding steroid dienone is 4. The molecule has 0 saturated heterocycles. The Balaban J connectivity index is 1.50. The van der Waals surface area contributed by atoms with Gasteiger partial charge in [0.15, 0.2) is 0 Å². The van der Waals surface area contributed by atoms with Crippen LogP contribution in [-0.2, 0) is 5.41 Å². The molecule has 4 aromatic rings. The van der Waals surface area contributed by atoms with Crippen molar-refractivity contribution in [3.05, 3.63) is 131 Å². The molecule has 2 atom stereocenters. The Morgan fingerprint density at radius 3 is 2.23 bits per heavy atom. The lowest BCUT2D eigenvalue weighted by Gasteiger charge is -2.34. The molecule has 4 aromatic carbocycles. The molecule has 35 heavy (non-hydrogen) atoms. The van der Waals surface area contributed by atoms with E-state index in [4.69, 9.17) is 4.74 Å². The maximum absolute atomic E-state index is 5.36. The number of rotatable bonds is 3. The Hall–Kier alpha value is -4.04. The number of hydrogen-bond acceptors (Lipinski definition) is 2. The first-order valence-corrected chi connectivity index (χ1v) is 12.4. The molecule has 1 spiro atoms. The zero-order valence-electron chi connectivity index (χ0n) is 20.0. The molecule has 2 unspecified atom stereocenters. The van der Waals surface area contributed by atoms with Gasteiger partial charge < -0.3 is 10.1 Å². The molecule has 3 aliphatic rings. The van der Waals surface area contributed by atoms with E-state index >= 15 is 0 Å². The Morgan fingerprint density at radius 2 is 1.46 bits per heavy atom. The summed E-state index contributed by atoms with van der Waals surface area (Å²) < 4.78 is 5.36. The summed E-state index contributed by atoms with van der Waals surface area (Å²) >= 11 is 0. The first-order chi connectivity index (χ1) is 17.2. The van der Waals surface area contributed by atoms with Gasteiger partial charge in [-0.15, -0.1) is 0 Å². The third-order valence-corrected chi connectivity index (χ3v) is 7.95. The number of fused-ring (bicyclic) bond motifs is 9. The SMILES string of the molecule is COc1ccc(Nc2cccc3c2-c2ccccc2C32C3=C(C=CC(C)C3)c3ccccc32)cc1. The van der Waals surface area contributed by atoms with Gasteiger partial charge in [0.25, 0.3) is 0 Å². The predicted octanol–water partition coefficient (Wildman–Crippen LogP) is 8.12. The molecule has 0 aromatic heterocycles. The molecule has 0 fully saturated rings. The lowest BCUT2D eigenvalue weighted by Crippen LogP contribution is -2.28. The molecule has 170 valence electrons. The Morgan fingerprint density at radius 1 is 0.771 bits per heavy atom. The van der Waals surface area contributed by atoms with Gasteiger partial charge in [-0.25, -0.2) is 0 Å². The van der Waals surface area contributed by atoms with Crippen molar-refractivity contribution in [1.29, 1.82) is 0 Å². The van der Waals surface area contributed by atoms with Crippen molar-refractivity contribution in [2.75, 3.05) is 12.4 Å². The highest BCUT2D eigenvalue weighted by Crippen LogP contribution is 2.64. The van der Waals surface area contributed by atoms with Crippen molar-refractivity contribution in [1.82, 2.24) is 0 Å². The van der Waals surface area contributed by atoms with Gasteiger partial charge in [-0.3, -0.25) is 0 Å². The van der Waals surface area contributed by atoms with E-state index in [0.717, 1.165) is 23.5 Å². The van der Waals surface area contributed by atoms with Crippen molar-refractivity contribution in [3.63, 3.8) is 0 Å². The maximum atomic E-state index is 5.36. The summed E-state index contributed by atoms with van der Waals surface area (Å²) in [7, 11) is 1.70. The molecule has 0 heterocycles. The van der Waals surface area contributed by atoms with Crippen LogP contribution in [0.5, 0.6) is 5.75 Å². The van der Waals surface area contributed by atoms with Crippen LogP contribution in [0.3, 0.4) is 0 Å². The Kier molecular flexibility index (Phi) is 4.35. The molecule has 2 heteroatoms. The van der Waals surface area contributed by atoms with Crippen LogP contribution in [0.2, 0.25) is 0 Å². The highest BCUT2D eigenvalue weighted by atomic mass is 16.5. The largest absolute Gasteiger partial charge is 0.497 e. The van der Waals surface area contributed by atoms with Gasteiger partial charge in [-0.05, 0) is 81.6 Å². The maximum Gasteiger partial charge on any atom is 0.119 e. The van der Waals surface area contributed by atoms with Gasteiger partial charge in [0.1, 0.15) is 5.75 Å². The van der Waals surface area contributed by atoms with Crippen LogP contribution in [0.4, 0.5) is 11.4 Å². The van der Waals surface area contributed by atoms with Crippen LogP contribution in [0, 0.1) is 5.92 Å². The second-order valence-corrected chi connectivity index (χ2v) is 9.86. The molecular weight excluding hydrogens is 426 g/mol. The highest BCUT2D eigenvalue weighted by molar-refractivity contribution is 6.00. The van der Waals surface area contributed by atoms with Crippen molar-refractivity contribution in [2.24, 2.45) is 5.92 Å². The zero-order chi connectivity index (χ0) is 23.6. The lowest BCUT2D eigenvalue weighted by molar-refractivity contribution is 0.415. The fourth-order valence-electron chi connectivity index (χ4n) is 6.55. The normalized spacial score (nSPS) is 20.9. The summed E-state index contributed by atoms with van der Waals surface area (Å²) in [5.74, 6) is 1.39. The minimum Gasteiger partial charge on any atom is -0.497 e. The Bertz CT molecular complexity index is 1540. The second-order valence-electron chi connectivity index (χ2n) is 9.86. The minimum absolute atomic E-state index is 0.242. The highest BCUT2D eigenvalue weighted by Gasteiger charge is 2.53. The standard InChI is InChI=1S/C33H27NO/c1-21-14-19-25-24-8-3-5-10-27(24)33(30(25)20-21)28-11-6-4-9-26(28)32-29(33)12-7-13-31(32)34-22-15-17-23(35-2)18-16-22/h3-19,21,34H,20H2,1-2H3. The molecule has 0 bridgehead atoms. The van der Waals surface area contributed by atoms with E-state index in [9.17, 15) is 0 Å². The van der Waals surface area contributed by atoms with E-state index in [1.54, 1.807) is 12.7 Å². The van der Waals surface area contributed by atoms with E-state index in [1.807, 2.05) is 12.1 Å². The van der Waals surface area contributed by atoms with Crippen LogP contribution in [-0.4, -0.2) is 7.11 Å². The topological polar surface area (TPSA) is 21.3 Å². The quantitative estimate of drug-likeness (QED) is 0.338. The molecule has 0 saturated carbocycles. The lowest BCUT2D eigenvalue weighted by atomic mass is 9.67. The van der Waals surface area contributed by atoms with Gasteiger partial charge in [0.05, 0.1) is 12.5 Å². The minimum atomic E-state index is -0.242. The molecule has 0 amide bonds. The number of ether oxygens (including phenoxy) is 1. The summed E-state index contributed by atoms with van der Waals surface area (Å²) in [6, 6.07) is 33.0. The average Bonchev–Trinajstić information content (AvgIpc) is 3.36. The summed E-state index contributed by atoms with van der Waals surface area (Å²) in [5.41, 5.74) is 13.1. The molecule has 0 aliphatic heterocycles. The third-order valence-electron chi connectivity index (χ3n) is 7.95. The Labute approximate surface area is 206 Å². The number of methoxy groups -OCH3 is 1. The number of anilines is 2. The molecule has 0 radical (unpaired) electrons. The van der Waals surface area contributed by atoms with Crippen LogP contribution in [0.15, 0.2) is 109 Å². The summed E-state index contributed by atoms with van der Waals surface area (Å²) in [6.07, 6.45) is 5.82. The predicted molar refractivity (Wildman–Crippen MR) is 144 cm³/mol. The number of benzene rings is 4. The van der Waals surface area contributed by atoms with Crippen molar-refractivity contribution < 1.29 is 4.74 Å². The summed E-state index contributed by atoms with van der Waals surface area (Å²) in [5, 5.41) is 3.72. The molecular formula is C33H27NO.